The van der Waals surface area contributed by atoms with Crippen molar-refractivity contribution in [3.8, 4) is 0 Å². The van der Waals surface area contributed by atoms with E-state index in [0.717, 1.165) is 29.4 Å². The maximum Gasteiger partial charge on any atom is 0.229 e. The zero-order valence-corrected chi connectivity index (χ0v) is 19.8. The third-order valence-corrected chi connectivity index (χ3v) is 8.31. The fourth-order valence-electron chi connectivity index (χ4n) is 6.73. The zero-order valence-electron chi connectivity index (χ0n) is 19.8. The first-order valence-corrected chi connectivity index (χ1v) is 12.3. The van der Waals surface area contributed by atoms with E-state index in [1.165, 1.54) is 28.7 Å². The SMILES string of the molecule is Cc1ccc([C@@H]2[C@@H]3CC[C@@](c4ccc(C)cc4)(C3)[C@@H]2C(=O)Nc2cccc3cccnc23)cc1. The molecule has 1 amide bonds. The highest BCUT2D eigenvalue weighted by Crippen LogP contribution is 2.64. The number of carbonyl (C=O) groups excluding carboxylic acids is 1. The normalized spacial score (nSPS) is 25.5. The number of hydrogen-bond acceptors (Lipinski definition) is 2. The van der Waals surface area contributed by atoms with Gasteiger partial charge >= 0.3 is 0 Å². The minimum Gasteiger partial charge on any atom is -0.324 e. The number of fused-ring (bicyclic) bond motifs is 3. The van der Waals surface area contributed by atoms with Gasteiger partial charge in [0.05, 0.1) is 17.1 Å². The standard InChI is InChI=1S/C31H30N2O/c1-20-8-12-22(13-9-20)27-24-16-17-31(19-24,25-14-10-21(2)11-15-25)28(27)30(34)33-26-7-3-5-23-6-4-18-32-29(23)26/h3-15,18,24,27-28H,16-17,19H2,1-2H3,(H,33,34)/t24-,27-,28+,31+/m1/s1. The van der Waals surface area contributed by atoms with Crippen LogP contribution in [0.3, 0.4) is 0 Å². The molecule has 0 spiro atoms. The van der Waals surface area contributed by atoms with Crippen molar-refractivity contribution in [1.82, 2.24) is 4.98 Å². The van der Waals surface area contributed by atoms with Crippen LogP contribution in [0, 0.1) is 25.7 Å². The summed E-state index contributed by atoms with van der Waals surface area (Å²) in [6, 6.07) is 27.7. The van der Waals surface area contributed by atoms with Gasteiger partial charge in [-0.05, 0) is 68.2 Å². The highest BCUT2D eigenvalue weighted by molar-refractivity contribution is 6.02. The Morgan fingerprint density at radius 3 is 2.38 bits per heavy atom. The third kappa shape index (κ3) is 3.34. The molecule has 170 valence electrons. The summed E-state index contributed by atoms with van der Waals surface area (Å²) >= 11 is 0. The number of aryl methyl sites for hydroxylation is 2. The average Bonchev–Trinajstić information content (AvgIpc) is 3.43. The van der Waals surface area contributed by atoms with Crippen molar-refractivity contribution < 1.29 is 4.79 Å². The van der Waals surface area contributed by atoms with Gasteiger partial charge in [-0.2, -0.15) is 0 Å². The Bertz CT molecular complexity index is 1350. The number of carbonyl (C=O) groups is 1. The summed E-state index contributed by atoms with van der Waals surface area (Å²) in [5.41, 5.74) is 6.63. The van der Waals surface area contributed by atoms with E-state index in [9.17, 15) is 4.79 Å². The molecule has 1 heterocycles. The fourth-order valence-corrected chi connectivity index (χ4v) is 6.73. The molecule has 4 aromatic rings. The maximum absolute atomic E-state index is 14.2. The summed E-state index contributed by atoms with van der Waals surface area (Å²) < 4.78 is 0. The number of para-hydroxylation sites is 1. The molecule has 2 saturated carbocycles. The molecule has 2 bridgehead atoms. The first kappa shape index (κ1) is 21.1. The average molecular weight is 447 g/mol. The van der Waals surface area contributed by atoms with E-state index in [1.54, 1.807) is 6.20 Å². The maximum atomic E-state index is 14.2. The lowest BCUT2D eigenvalue weighted by atomic mass is 9.64. The molecule has 2 aliphatic carbocycles. The Balaban J connectivity index is 1.45. The molecule has 2 aliphatic rings. The lowest BCUT2D eigenvalue weighted by Crippen LogP contribution is -2.42. The molecule has 0 aliphatic heterocycles. The summed E-state index contributed by atoms with van der Waals surface area (Å²) in [5.74, 6) is 0.742. The van der Waals surface area contributed by atoms with Gasteiger partial charge in [-0.25, -0.2) is 0 Å². The van der Waals surface area contributed by atoms with E-state index in [4.69, 9.17) is 0 Å². The van der Waals surface area contributed by atoms with Gasteiger partial charge in [0.25, 0.3) is 0 Å². The number of rotatable bonds is 4. The van der Waals surface area contributed by atoms with Crippen LogP contribution in [0.1, 0.15) is 47.4 Å². The molecular weight excluding hydrogens is 416 g/mol. The molecule has 4 atom stereocenters. The van der Waals surface area contributed by atoms with Gasteiger partial charge in [0.15, 0.2) is 0 Å². The first-order chi connectivity index (χ1) is 16.5. The molecule has 0 radical (unpaired) electrons. The van der Waals surface area contributed by atoms with Crippen molar-refractivity contribution >= 4 is 22.5 Å². The van der Waals surface area contributed by atoms with Gasteiger partial charge in [0, 0.05) is 17.0 Å². The van der Waals surface area contributed by atoms with Gasteiger partial charge in [0.1, 0.15) is 0 Å². The van der Waals surface area contributed by atoms with Crippen molar-refractivity contribution in [2.45, 2.75) is 44.4 Å². The van der Waals surface area contributed by atoms with Crippen molar-refractivity contribution in [2.75, 3.05) is 5.32 Å². The van der Waals surface area contributed by atoms with Gasteiger partial charge in [0.2, 0.25) is 5.91 Å². The number of anilines is 1. The van der Waals surface area contributed by atoms with Crippen LogP contribution in [-0.2, 0) is 10.2 Å². The number of hydrogen-bond donors (Lipinski definition) is 1. The number of nitrogens with zero attached hydrogens (tertiary/aromatic N) is 1. The Labute approximate surface area is 201 Å². The molecule has 2 fully saturated rings. The zero-order chi connectivity index (χ0) is 23.3. The van der Waals surface area contributed by atoms with E-state index >= 15 is 0 Å². The van der Waals surface area contributed by atoms with E-state index < -0.39 is 0 Å². The van der Waals surface area contributed by atoms with E-state index in [0.29, 0.717) is 5.92 Å². The van der Waals surface area contributed by atoms with Crippen molar-refractivity contribution in [1.29, 1.82) is 0 Å². The Morgan fingerprint density at radius 2 is 1.62 bits per heavy atom. The van der Waals surface area contributed by atoms with E-state index in [-0.39, 0.29) is 23.2 Å². The van der Waals surface area contributed by atoms with Crippen LogP contribution in [-0.4, -0.2) is 10.9 Å². The molecule has 1 aromatic heterocycles. The summed E-state index contributed by atoms with van der Waals surface area (Å²) in [4.78, 5) is 18.8. The summed E-state index contributed by atoms with van der Waals surface area (Å²) in [5, 5.41) is 4.37. The molecule has 6 rings (SSSR count). The van der Waals surface area contributed by atoms with Crippen LogP contribution in [0.5, 0.6) is 0 Å². The van der Waals surface area contributed by atoms with Crippen molar-refractivity contribution in [3.05, 3.63) is 107 Å². The molecule has 34 heavy (non-hydrogen) atoms. The lowest BCUT2D eigenvalue weighted by molar-refractivity contribution is -0.122. The smallest absolute Gasteiger partial charge is 0.229 e. The largest absolute Gasteiger partial charge is 0.324 e. The predicted octanol–water partition coefficient (Wildman–Crippen LogP) is 6.94. The van der Waals surface area contributed by atoms with Crippen LogP contribution >= 0.6 is 0 Å². The molecule has 0 unspecified atom stereocenters. The quantitative estimate of drug-likeness (QED) is 0.369. The number of aromatic nitrogens is 1. The second kappa shape index (κ2) is 8.09. The molecule has 1 N–H and O–H groups in total. The summed E-state index contributed by atoms with van der Waals surface area (Å²) in [6.07, 6.45) is 5.10. The molecular formula is C31H30N2O. The second-order valence-electron chi connectivity index (χ2n) is 10.3. The van der Waals surface area contributed by atoms with E-state index in [2.05, 4.69) is 72.7 Å². The lowest BCUT2D eigenvalue weighted by Gasteiger charge is -2.39. The van der Waals surface area contributed by atoms with Crippen LogP contribution in [0.2, 0.25) is 0 Å². The summed E-state index contributed by atoms with van der Waals surface area (Å²) in [6.45, 7) is 4.25. The Kier molecular flexibility index (Phi) is 5.02. The predicted molar refractivity (Wildman–Crippen MR) is 138 cm³/mol. The second-order valence-corrected chi connectivity index (χ2v) is 10.3. The minimum atomic E-state index is -0.129. The first-order valence-electron chi connectivity index (χ1n) is 12.3. The molecule has 3 heteroatoms. The monoisotopic (exact) mass is 446 g/mol. The number of benzene rings is 3. The molecule has 3 aromatic carbocycles. The van der Waals surface area contributed by atoms with Gasteiger partial charge < -0.3 is 5.32 Å². The van der Waals surface area contributed by atoms with Crippen molar-refractivity contribution in [2.24, 2.45) is 11.8 Å². The highest BCUT2D eigenvalue weighted by atomic mass is 16.2. The van der Waals surface area contributed by atoms with Gasteiger partial charge in [-0.15, -0.1) is 0 Å². The van der Waals surface area contributed by atoms with Gasteiger partial charge in [-0.1, -0.05) is 77.9 Å². The molecule has 3 nitrogen and oxygen atoms in total. The number of nitrogens with one attached hydrogen (secondary N) is 1. The third-order valence-electron chi connectivity index (χ3n) is 8.31. The van der Waals surface area contributed by atoms with E-state index in [1.807, 2.05) is 30.3 Å². The van der Waals surface area contributed by atoms with Crippen LogP contribution in [0.15, 0.2) is 85.1 Å². The fraction of sp³-hybridized carbons (Fsp3) is 0.290. The van der Waals surface area contributed by atoms with Crippen LogP contribution in [0.25, 0.3) is 10.9 Å². The minimum absolute atomic E-state index is 0.115. The molecule has 0 saturated heterocycles. The number of amides is 1. The van der Waals surface area contributed by atoms with Crippen LogP contribution < -0.4 is 5.32 Å². The highest BCUT2D eigenvalue weighted by Gasteiger charge is 2.61. The van der Waals surface area contributed by atoms with Crippen molar-refractivity contribution in [3.63, 3.8) is 0 Å². The topological polar surface area (TPSA) is 42.0 Å². The van der Waals surface area contributed by atoms with Gasteiger partial charge in [-0.3, -0.25) is 9.78 Å². The Morgan fingerprint density at radius 1 is 0.912 bits per heavy atom. The summed E-state index contributed by atoms with van der Waals surface area (Å²) in [7, 11) is 0. The van der Waals surface area contributed by atoms with Crippen LogP contribution in [0.4, 0.5) is 5.69 Å². The Hall–Kier alpha value is -3.46. The number of pyridine rings is 1.